The van der Waals surface area contributed by atoms with Crippen LogP contribution in [0.4, 0.5) is 0 Å². The molecule has 11 nitrogen and oxygen atoms in total. The number of carboxylic acids is 1. The zero-order chi connectivity index (χ0) is 38.5. The maximum Gasteiger partial charge on any atom is 0.472 e. The van der Waals surface area contributed by atoms with Crippen LogP contribution in [-0.4, -0.2) is 64.9 Å². The van der Waals surface area contributed by atoms with Crippen LogP contribution in [0.1, 0.15) is 129 Å². The average Bonchev–Trinajstić information content (AvgIpc) is 3.11. The molecule has 1 amide bonds. The number of carboxylic acid groups (broad SMARTS) is 1. The van der Waals surface area contributed by atoms with Gasteiger partial charge >= 0.3 is 19.8 Å². The van der Waals surface area contributed by atoms with E-state index in [2.05, 4.69) is 92.1 Å². The van der Waals surface area contributed by atoms with Crippen molar-refractivity contribution in [2.45, 2.75) is 142 Å². The normalized spacial score (nSPS) is 14.7. The van der Waals surface area contributed by atoms with Gasteiger partial charge in [-0.05, 0) is 64.2 Å². The number of rotatable bonds is 34. The van der Waals surface area contributed by atoms with Crippen LogP contribution in [-0.2, 0) is 32.7 Å². The van der Waals surface area contributed by atoms with Gasteiger partial charge in [-0.2, -0.15) is 0 Å². The van der Waals surface area contributed by atoms with Crippen molar-refractivity contribution in [1.82, 2.24) is 5.32 Å². The number of hydrogen-bond donors (Lipinski definition) is 4. The summed E-state index contributed by atoms with van der Waals surface area (Å²) >= 11 is 0. The van der Waals surface area contributed by atoms with Crippen LogP contribution >= 0.6 is 7.82 Å². The van der Waals surface area contributed by atoms with Crippen LogP contribution in [0.15, 0.2) is 72.9 Å². The number of allylic oxidation sites excluding steroid dienone is 12. The smallest absolute Gasteiger partial charge is 0.472 e. The molecule has 0 heterocycles. The fourth-order valence-electron chi connectivity index (χ4n) is 4.55. The van der Waals surface area contributed by atoms with E-state index >= 15 is 0 Å². The van der Waals surface area contributed by atoms with Gasteiger partial charge in [0.05, 0.1) is 13.2 Å². The summed E-state index contributed by atoms with van der Waals surface area (Å²) in [7, 11) is -4.75. The summed E-state index contributed by atoms with van der Waals surface area (Å²) in [6, 6.07) is -1.56. The molecule has 0 rings (SSSR count). The van der Waals surface area contributed by atoms with Gasteiger partial charge in [-0.1, -0.05) is 125 Å². The molecule has 4 N–H and O–H groups in total. The maximum atomic E-state index is 12.3. The summed E-state index contributed by atoms with van der Waals surface area (Å²) in [4.78, 5) is 45.4. The molecule has 0 aliphatic heterocycles. The fourth-order valence-corrected chi connectivity index (χ4v) is 5.32. The minimum Gasteiger partial charge on any atom is -0.480 e. The lowest BCUT2D eigenvalue weighted by atomic mass is 10.1. The van der Waals surface area contributed by atoms with Crippen molar-refractivity contribution in [2.75, 3.05) is 19.8 Å². The van der Waals surface area contributed by atoms with Crippen LogP contribution < -0.4 is 5.32 Å². The number of esters is 1. The standard InChI is InChI=1S/C40H66NO10P/c1-3-5-7-9-10-11-12-13-14-15-16-17-18-19-20-21-22-23-24-25-26-28-29-31-38(43)41-37(40(45)46)35-51-52(47,48)50-34-36(42)33-49-39(44)32-30-27-8-6-4-2/h5,7,10-11,13-14,16-17,19-20,22-23,36-37,42H,3-4,6,8-9,12,15,18,21,24-35H2,1-2H3,(H,41,43)(H,45,46)(H,47,48)/b7-5-,11-10-,14-13-,17-16-,20-19-,23-22-. The topological polar surface area (TPSA) is 169 Å². The molecule has 0 saturated heterocycles. The highest BCUT2D eigenvalue weighted by atomic mass is 31.2. The summed E-state index contributed by atoms with van der Waals surface area (Å²) in [5.41, 5.74) is 0. The molecule has 0 aromatic heterocycles. The first-order valence-corrected chi connectivity index (χ1v) is 20.5. The number of unbranched alkanes of at least 4 members (excludes halogenated alkanes) is 8. The number of aliphatic hydroxyl groups is 1. The van der Waals surface area contributed by atoms with Crippen molar-refractivity contribution in [3.05, 3.63) is 72.9 Å². The molecule has 0 aromatic carbocycles. The Kier molecular flexibility index (Phi) is 32.9. The molecule has 0 radical (unpaired) electrons. The molecule has 0 saturated carbocycles. The number of ether oxygens (including phenoxy) is 1. The Hall–Kier alpha value is -3.08. The van der Waals surface area contributed by atoms with Crippen LogP contribution in [0.3, 0.4) is 0 Å². The Balaban J connectivity index is 4.01. The van der Waals surface area contributed by atoms with Crippen molar-refractivity contribution in [2.24, 2.45) is 0 Å². The number of aliphatic carboxylic acids is 1. The maximum absolute atomic E-state index is 12.3. The SMILES string of the molecule is CC/C=C\C/C=C\C/C=C\C/C=C\C/C=C\C/C=C\CCCCCCC(=O)NC(COP(=O)(O)OCC(O)COC(=O)CCCCCCC)C(=O)O. The van der Waals surface area contributed by atoms with E-state index in [1.807, 2.05) is 0 Å². The second kappa shape index (κ2) is 35.0. The molecule has 296 valence electrons. The third kappa shape index (κ3) is 34.0. The molecule has 3 atom stereocenters. The molecule has 0 bridgehead atoms. The zero-order valence-electron chi connectivity index (χ0n) is 31.6. The Morgan fingerprint density at radius 1 is 0.635 bits per heavy atom. The van der Waals surface area contributed by atoms with E-state index in [4.69, 9.17) is 13.8 Å². The monoisotopic (exact) mass is 751 g/mol. The molecule has 3 unspecified atom stereocenters. The van der Waals surface area contributed by atoms with E-state index in [9.17, 15) is 34.1 Å². The molecular formula is C40H66NO10P. The Morgan fingerprint density at radius 3 is 1.65 bits per heavy atom. The van der Waals surface area contributed by atoms with Gasteiger partial charge < -0.3 is 25.2 Å². The summed E-state index contributed by atoms with van der Waals surface area (Å²) in [6.07, 6.45) is 39.9. The Labute approximate surface area is 312 Å². The van der Waals surface area contributed by atoms with Crippen LogP contribution in [0.5, 0.6) is 0 Å². The minimum absolute atomic E-state index is 0.112. The number of hydrogen-bond acceptors (Lipinski definition) is 8. The van der Waals surface area contributed by atoms with Gasteiger partial charge in [0.1, 0.15) is 12.7 Å². The third-order valence-electron chi connectivity index (χ3n) is 7.51. The lowest BCUT2D eigenvalue weighted by Gasteiger charge is -2.18. The summed E-state index contributed by atoms with van der Waals surface area (Å²) < 4.78 is 26.5. The zero-order valence-corrected chi connectivity index (χ0v) is 32.5. The van der Waals surface area contributed by atoms with E-state index < -0.39 is 57.6 Å². The largest absolute Gasteiger partial charge is 0.480 e. The molecular weight excluding hydrogens is 685 g/mol. The fraction of sp³-hybridized carbons (Fsp3) is 0.625. The van der Waals surface area contributed by atoms with Gasteiger partial charge in [0.25, 0.3) is 0 Å². The predicted octanol–water partition coefficient (Wildman–Crippen LogP) is 8.99. The quantitative estimate of drug-likeness (QED) is 0.0216. The van der Waals surface area contributed by atoms with Crippen molar-refractivity contribution >= 4 is 25.7 Å². The number of carbonyl (C=O) groups excluding carboxylic acids is 2. The van der Waals surface area contributed by atoms with Crippen molar-refractivity contribution < 1.29 is 47.8 Å². The van der Waals surface area contributed by atoms with E-state index in [1.165, 1.54) is 0 Å². The minimum atomic E-state index is -4.75. The molecule has 12 heteroatoms. The van der Waals surface area contributed by atoms with Gasteiger partial charge in [-0.3, -0.25) is 18.6 Å². The second-order valence-corrected chi connectivity index (χ2v) is 13.8. The van der Waals surface area contributed by atoms with Crippen LogP contribution in [0, 0.1) is 0 Å². The first-order valence-electron chi connectivity index (χ1n) is 19.0. The van der Waals surface area contributed by atoms with E-state index in [1.54, 1.807) is 0 Å². The highest BCUT2D eigenvalue weighted by molar-refractivity contribution is 7.47. The van der Waals surface area contributed by atoms with E-state index in [0.29, 0.717) is 12.8 Å². The molecule has 0 aliphatic carbocycles. The number of amides is 1. The molecule has 0 spiro atoms. The number of phosphoric ester groups is 1. The lowest BCUT2D eigenvalue weighted by Crippen LogP contribution is -2.43. The highest BCUT2D eigenvalue weighted by Crippen LogP contribution is 2.43. The van der Waals surface area contributed by atoms with Crippen LogP contribution in [0.2, 0.25) is 0 Å². The number of aliphatic hydroxyl groups excluding tert-OH is 1. The highest BCUT2D eigenvalue weighted by Gasteiger charge is 2.28. The Bertz CT molecular complexity index is 1160. The predicted molar refractivity (Wildman–Crippen MR) is 208 cm³/mol. The first kappa shape index (κ1) is 48.9. The molecule has 0 fully saturated rings. The van der Waals surface area contributed by atoms with Gasteiger partial charge in [0.2, 0.25) is 5.91 Å². The van der Waals surface area contributed by atoms with Gasteiger partial charge in [0, 0.05) is 12.8 Å². The second-order valence-electron chi connectivity index (χ2n) is 12.4. The van der Waals surface area contributed by atoms with Gasteiger partial charge in [-0.15, -0.1) is 0 Å². The third-order valence-corrected chi connectivity index (χ3v) is 8.46. The lowest BCUT2D eigenvalue weighted by molar-refractivity contribution is -0.147. The summed E-state index contributed by atoms with van der Waals surface area (Å²) in [5, 5.41) is 21.6. The van der Waals surface area contributed by atoms with Crippen molar-refractivity contribution in [3.63, 3.8) is 0 Å². The number of carbonyl (C=O) groups is 3. The average molecular weight is 752 g/mol. The van der Waals surface area contributed by atoms with E-state index in [0.717, 1.165) is 89.9 Å². The molecule has 0 aromatic rings. The van der Waals surface area contributed by atoms with Crippen molar-refractivity contribution in [3.8, 4) is 0 Å². The number of nitrogens with one attached hydrogen (secondary N) is 1. The van der Waals surface area contributed by atoms with Crippen molar-refractivity contribution in [1.29, 1.82) is 0 Å². The molecule has 0 aliphatic rings. The van der Waals surface area contributed by atoms with Crippen LogP contribution in [0.25, 0.3) is 0 Å². The van der Waals surface area contributed by atoms with Gasteiger partial charge in [0.15, 0.2) is 6.04 Å². The molecule has 52 heavy (non-hydrogen) atoms. The van der Waals surface area contributed by atoms with Gasteiger partial charge in [-0.25, -0.2) is 9.36 Å². The number of phosphoric acid groups is 1. The first-order chi connectivity index (χ1) is 25.1. The summed E-state index contributed by atoms with van der Waals surface area (Å²) in [5.74, 6) is -2.43. The van der Waals surface area contributed by atoms with E-state index in [-0.39, 0.29) is 12.8 Å². The summed E-state index contributed by atoms with van der Waals surface area (Å²) in [6.45, 7) is 2.31. The Morgan fingerprint density at radius 2 is 1.12 bits per heavy atom.